The van der Waals surface area contributed by atoms with Crippen LogP contribution in [0.25, 0.3) is 0 Å². The fourth-order valence-electron chi connectivity index (χ4n) is 1.39. The van der Waals surface area contributed by atoms with Gasteiger partial charge in [-0.3, -0.25) is 0 Å². The molecule has 0 spiro atoms. The molecule has 5 nitrogen and oxygen atoms in total. The number of hydrogen-bond acceptors (Lipinski definition) is 5. The second-order valence-corrected chi connectivity index (χ2v) is 3.75. The van der Waals surface area contributed by atoms with Gasteiger partial charge in [0.25, 0.3) is 0 Å². The Balaban J connectivity index is 2.37. The van der Waals surface area contributed by atoms with Gasteiger partial charge in [-0.25, -0.2) is 0 Å². The Kier molecular flexibility index (Phi) is 5.74. The lowest BCUT2D eigenvalue weighted by Gasteiger charge is -2.17. The lowest BCUT2D eigenvalue weighted by Crippen LogP contribution is -2.20. The molecular weight excluding hydrogens is 206 g/mol. The summed E-state index contributed by atoms with van der Waals surface area (Å²) in [6.07, 6.45) is 2.90. The Labute approximate surface area is 95.7 Å². The average Bonchev–Trinajstić information content (AvgIpc) is 2.34. The van der Waals surface area contributed by atoms with Crippen LogP contribution < -0.4 is 4.90 Å². The van der Waals surface area contributed by atoms with Crippen LogP contribution in [0.15, 0.2) is 12.1 Å². The molecule has 0 atom stereocenters. The summed E-state index contributed by atoms with van der Waals surface area (Å²) in [5.74, 6) is 0.807. The van der Waals surface area contributed by atoms with Crippen LogP contribution in [0.4, 0.5) is 5.82 Å². The molecule has 5 heteroatoms. The summed E-state index contributed by atoms with van der Waals surface area (Å²) in [6, 6.07) is 3.62. The van der Waals surface area contributed by atoms with Crippen molar-refractivity contribution in [3.05, 3.63) is 17.8 Å². The van der Waals surface area contributed by atoms with E-state index in [4.69, 9.17) is 10.2 Å². The Bertz CT molecular complexity index is 290. The number of aromatic nitrogens is 2. The maximum Gasteiger partial charge on any atom is 0.150 e. The molecule has 16 heavy (non-hydrogen) atoms. The van der Waals surface area contributed by atoms with Crippen molar-refractivity contribution in [3.63, 3.8) is 0 Å². The quantitative estimate of drug-likeness (QED) is 0.664. The van der Waals surface area contributed by atoms with Gasteiger partial charge in [-0.1, -0.05) is 0 Å². The minimum atomic E-state index is -0.0759. The van der Waals surface area contributed by atoms with Crippen molar-refractivity contribution in [2.45, 2.75) is 25.9 Å². The van der Waals surface area contributed by atoms with Gasteiger partial charge >= 0.3 is 0 Å². The summed E-state index contributed by atoms with van der Waals surface area (Å²) >= 11 is 0. The molecule has 90 valence electrons. The zero-order valence-corrected chi connectivity index (χ0v) is 9.63. The molecular formula is C11H19N3O2. The van der Waals surface area contributed by atoms with E-state index in [2.05, 4.69) is 10.2 Å². The standard InChI is InChI=1S/C11H19N3O2/c1-14(7-3-2-4-8-15)11-6-5-10(9-16)12-13-11/h5-6,15-16H,2-4,7-9H2,1H3. The predicted molar refractivity (Wildman–Crippen MR) is 62.2 cm³/mol. The third-order valence-corrected chi connectivity index (χ3v) is 2.41. The van der Waals surface area contributed by atoms with E-state index in [0.717, 1.165) is 31.6 Å². The first kappa shape index (κ1) is 12.9. The maximum atomic E-state index is 8.83. The zero-order chi connectivity index (χ0) is 11.8. The van der Waals surface area contributed by atoms with Crippen molar-refractivity contribution in [3.8, 4) is 0 Å². The molecule has 1 aromatic heterocycles. The first-order valence-corrected chi connectivity index (χ1v) is 5.53. The highest BCUT2D eigenvalue weighted by atomic mass is 16.3. The third kappa shape index (κ3) is 4.12. The van der Waals surface area contributed by atoms with Crippen LogP contribution >= 0.6 is 0 Å². The summed E-state index contributed by atoms with van der Waals surface area (Å²) < 4.78 is 0. The van der Waals surface area contributed by atoms with E-state index in [1.165, 1.54) is 0 Å². The van der Waals surface area contributed by atoms with E-state index in [-0.39, 0.29) is 13.2 Å². The molecule has 2 N–H and O–H groups in total. The van der Waals surface area contributed by atoms with E-state index < -0.39 is 0 Å². The monoisotopic (exact) mass is 225 g/mol. The van der Waals surface area contributed by atoms with Crippen LogP contribution in [0.1, 0.15) is 25.0 Å². The van der Waals surface area contributed by atoms with Gasteiger partial charge in [-0.15, -0.1) is 5.10 Å². The molecule has 0 aliphatic rings. The highest BCUT2D eigenvalue weighted by molar-refractivity contribution is 5.35. The fourth-order valence-corrected chi connectivity index (χ4v) is 1.39. The molecule has 0 bridgehead atoms. The Morgan fingerprint density at radius 3 is 2.50 bits per heavy atom. The van der Waals surface area contributed by atoms with E-state index in [1.807, 2.05) is 18.0 Å². The summed E-state index contributed by atoms with van der Waals surface area (Å²) in [5, 5.41) is 25.4. The van der Waals surface area contributed by atoms with Gasteiger partial charge in [-0.05, 0) is 31.4 Å². The van der Waals surface area contributed by atoms with Crippen LogP contribution in [0.3, 0.4) is 0 Å². The number of aliphatic hydroxyl groups is 2. The number of hydrogen-bond donors (Lipinski definition) is 2. The van der Waals surface area contributed by atoms with Gasteiger partial charge in [-0.2, -0.15) is 5.10 Å². The number of nitrogens with zero attached hydrogens (tertiary/aromatic N) is 3. The number of rotatable bonds is 7. The third-order valence-electron chi connectivity index (χ3n) is 2.41. The number of aliphatic hydroxyl groups excluding tert-OH is 2. The molecule has 1 rings (SSSR count). The van der Waals surface area contributed by atoms with Gasteiger partial charge in [0.05, 0.1) is 12.3 Å². The minimum Gasteiger partial charge on any atom is -0.396 e. The first-order valence-electron chi connectivity index (χ1n) is 5.53. The van der Waals surface area contributed by atoms with Gasteiger partial charge in [0.2, 0.25) is 0 Å². The lowest BCUT2D eigenvalue weighted by molar-refractivity contribution is 0.275. The van der Waals surface area contributed by atoms with Crippen molar-refractivity contribution >= 4 is 5.82 Å². The Morgan fingerprint density at radius 2 is 1.94 bits per heavy atom. The highest BCUT2D eigenvalue weighted by Crippen LogP contribution is 2.08. The zero-order valence-electron chi connectivity index (χ0n) is 9.63. The van der Waals surface area contributed by atoms with Crippen LogP contribution in [-0.2, 0) is 6.61 Å². The van der Waals surface area contributed by atoms with Crippen molar-refractivity contribution in [1.29, 1.82) is 0 Å². The molecule has 0 saturated carbocycles. The lowest BCUT2D eigenvalue weighted by atomic mass is 10.2. The largest absolute Gasteiger partial charge is 0.396 e. The van der Waals surface area contributed by atoms with E-state index in [0.29, 0.717) is 5.69 Å². The molecule has 0 saturated heterocycles. The second kappa shape index (κ2) is 7.14. The summed E-state index contributed by atoms with van der Waals surface area (Å²) in [4.78, 5) is 2.02. The smallest absolute Gasteiger partial charge is 0.150 e. The highest BCUT2D eigenvalue weighted by Gasteiger charge is 2.02. The summed E-state index contributed by atoms with van der Waals surface area (Å²) in [6.45, 7) is 1.08. The first-order chi connectivity index (χ1) is 7.77. The normalized spacial score (nSPS) is 10.4. The fraction of sp³-hybridized carbons (Fsp3) is 0.636. The van der Waals surface area contributed by atoms with Gasteiger partial charge in [0, 0.05) is 20.2 Å². The average molecular weight is 225 g/mol. The van der Waals surface area contributed by atoms with Crippen molar-refractivity contribution < 1.29 is 10.2 Å². The molecule has 0 aromatic carbocycles. The molecule has 0 amide bonds. The number of unbranched alkanes of at least 4 members (excludes halogenated alkanes) is 2. The van der Waals surface area contributed by atoms with E-state index in [1.54, 1.807) is 6.07 Å². The second-order valence-electron chi connectivity index (χ2n) is 3.75. The summed E-state index contributed by atoms with van der Waals surface area (Å²) in [5.41, 5.74) is 0.581. The van der Waals surface area contributed by atoms with Gasteiger partial charge in [0.15, 0.2) is 5.82 Å². The SMILES string of the molecule is CN(CCCCCO)c1ccc(CO)nn1. The van der Waals surface area contributed by atoms with Crippen LogP contribution in [0, 0.1) is 0 Å². The summed E-state index contributed by atoms with van der Waals surface area (Å²) in [7, 11) is 1.96. The van der Waals surface area contributed by atoms with E-state index >= 15 is 0 Å². The van der Waals surface area contributed by atoms with Crippen LogP contribution in [0.2, 0.25) is 0 Å². The molecule has 0 fully saturated rings. The Hall–Kier alpha value is -1.20. The van der Waals surface area contributed by atoms with Crippen molar-refractivity contribution in [2.75, 3.05) is 25.1 Å². The number of anilines is 1. The van der Waals surface area contributed by atoms with Crippen LogP contribution in [-0.4, -0.2) is 40.6 Å². The molecule has 1 aromatic rings. The van der Waals surface area contributed by atoms with Crippen molar-refractivity contribution in [1.82, 2.24) is 10.2 Å². The van der Waals surface area contributed by atoms with Crippen molar-refractivity contribution in [2.24, 2.45) is 0 Å². The maximum absolute atomic E-state index is 8.83. The van der Waals surface area contributed by atoms with E-state index in [9.17, 15) is 0 Å². The Morgan fingerprint density at radius 1 is 1.12 bits per heavy atom. The molecule has 0 aliphatic heterocycles. The molecule has 0 radical (unpaired) electrons. The molecule has 0 unspecified atom stereocenters. The molecule has 1 heterocycles. The predicted octanol–water partition coefficient (Wildman–Crippen LogP) is 0.568. The van der Waals surface area contributed by atoms with Gasteiger partial charge in [0.1, 0.15) is 0 Å². The topological polar surface area (TPSA) is 69.5 Å². The van der Waals surface area contributed by atoms with Gasteiger partial charge < -0.3 is 15.1 Å². The van der Waals surface area contributed by atoms with Crippen LogP contribution in [0.5, 0.6) is 0 Å². The molecule has 0 aliphatic carbocycles. The minimum absolute atomic E-state index is 0.0759.